The van der Waals surface area contributed by atoms with E-state index in [2.05, 4.69) is 15.0 Å². The van der Waals surface area contributed by atoms with Crippen LogP contribution in [0.4, 0.5) is 0 Å². The molecule has 1 fully saturated rings. The highest BCUT2D eigenvalue weighted by molar-refractivity contribution is 7.19. The van der Waals surface area contributed by atoms with Crippen LogP contribution in [0.3, 0.4) is 0 Å². The first-order chi connectivity index (χ1) is 16.1. The molecule has 5 rings (SSSR count). The highest BCUT2D eigenvalue weighted by atomic mass is 35.5. The van der Waals surface area contributed by atoms with Gasteiger partial charge in [0.15, 0.2) is 0 Å². The second-order valence-corrected chi connectivity index (χ2v) is 9.35. The molecule has 0 saturated carbocycles. The summed E-state index contributed by atoms with van der Waals surface area (Å²) in [4.78, 5) is 34.6. The SMILES string of the molecule is O=C(Cc1ccccc1)N1CCN(Cc2cc(=O)n3nc(-c4ccccc4Cl)sc3n2)CC1. The van der Waals surface area contributed by atoms with E-state index in [4.69, 9.17) is 11.6 Å². The molecule has 168 valence electrons. The van der Waals surface area contributed by atoms with E-state index in [9.17, 15) is 9.59 Å². The third-order valence-electron chi connectivity index (χ3n) is 5.71. The van der Waals surface area contributed by atoms with Crippen molar-refractivity contribution in [3.05, 3.63) is 87.3 Å². The zero-order valence-corrected chi connectivity index (χ0v) is 19.4. The number of carbonyl (C=O) groups is 1. The van der Waals surface area contributed by atoms with Gasteiger partial charge in [0, 0.05) is 44.4 Å². The van der Waals surface area contributed by atoms with Crippen LogP contribution >= 0.6 is 22.9 Å². The summed E-state index contributed by atoms with van der Waals surface area (Å²) >= 11 is 7.63. The molecule has 2 aromatic carbocycles. The molecule has 0 spiro atoms. The molecule has 1 saturated heterocycles. The van der Waals surface area contributed by atoms with E-state index >= 15 is 0 Å². The Bertz CT molecular complexity index is 1350. The molecule has 0 atom stereocenters. The van der Waals surface area contributed by atoms with Gasteiger partial charge in [-0.25, -0.2) is 4.98 Å². The zero-order valence-electron chi connectivity index (χ0n) is 17.9. The van der Waals surface area contributed by atoms with Gasteiger partial charge in [0.25, 0.3) is 5.56 Å². The lowest BCUT2D eigenvalue weighted by Gasteiger charge is -2.34. The Labute approximate surface area is 199 Å². The minimum Gasteiger partial charge on any atom is -0.340 e. The van der Waals surface area contributed by atoms with Crippen LogP contribution in [0, 0.1) is 0 Å². The number of nitrogens with zero attached hydrogens (tertiary/aromatic N) is 5. The Balaban J connectivity index is 1.25. The summed E-state index contributed by atoms with van der Waals surface area (Å²) in [5.41, 5.74) is 2.31. The fourth-order valence-electron chi connectivity index (χ4n) is 3.95. The Morgan fingerprint density at radius 3 is 2.48 bits per heavy atom. The molecule has 0 bridgehead atoms. The van der Waals surface area contributed by atoms with Gasteiger partial charge in [-0.05, 0) is 11.6 Å². The minimum atomic E-state index is -0.207. The average molecular weight is 480 g/mol. The van der Waals surface area contributed by atoms with Gasteiger partial charge in [0.2, 0.25) is 10.9 Å². The van der Waals surface area contributed by atoms with Gasteiger partial charge >= 0.3 is 0 Å². The van der Waals surface area contributed by atoms with Crippen molar-refractivity contribution in [2.45, 2.75) is 13.0 Å². The number of piperazine rings is 1. The van der Waals surface area contributed by atoms with Gasteiger partial charge in [-0.3, -0.25) is 14.5 Å². The van der Waals surface area contributed by atoms with Crippen LogP contribution in [0.2, 0.25) is 5.02 Å². The lowest BCUT2D eigenvalue weighted by molar-refractivity contribution is -0.132. The maximum Gasteiger partial charge on any atom is 0.275 e. The maximum atomic E-state index is 12.6. The van der Waals surface area contributed by atoms with Gasteiger partial charge in [0.1, 0.15) is 5.01 Å². The van der Waals surface area contributed by atoms with Crippen LogP contribution in [0.15, 0.2) is 65.5 Å². The van der Waals surface area contributed by atoms with Crippen LogP contribution in [0.1, 0.15) is 11.3 Å². The molecule has 1 aliphatic heterocycles. The van der Waals surface area contributed by atoms with Gasteiger partial charge in [-0.15, -0.1) is 0 Å². The number of rotatable bonds is 5. The summed E-state index contributed by atoms with van der Waals surface area (Å²) in [5, 5.41) is 5.66. The van der Waals surface area contributed by atoms with E-state index in [1.54, 1.807) is 6.07 Å². The second-order valence-electron chi connectivity index (χ2n) is 7.99. The van der Waals surface area contributed by atoms with E-state index in [0.717, 1.165) is 24.2 Å². The zero-order chi connectivity index (χ0) is 22.8. The van der Waals surface area contributed by atoms with Crippen molar-refractivity contribution < 1.29 is 4.79 Å². The fraction of sp³-hybridized carbons (Fsp3) is 0.250. The molecule has 2 aromatic heterocycles. The molecular formula is C24H22ClN5O2S. The monoisotopic (exact) mass is 479 g/mol. The normalized spacial score (nSPS) is 14.6. The largest absolute Gasteiger partial charge is 0.340 e. The van der Waals surface area contributed by atoms with Gasteiger partial charge in [-0.1, -0.05) is 71.5 Å². The van der Waals surface area contributed by atoms with Crippen LogP contribution in [0.25, 0.3) is 15.5 Å². The van der Waals surface area contributed by atoms with Crippen molar-refractivity contribution in [2.24, 2.45) is 0 Å². The molecule has 0 radical (unpaired) electrons. The minimum absolute atomic E-state index is 0.149. The van der Waals surface area contributed by atoms with Crippen molar-refractivity contribution in [3.63, 3.8) is 0 Å². The highest BCUT2D eigenvalue weighted by Gasteiger charge is 2.22. The number of aromatic nitrogens is 3. The van der Waals surface area contributed by atoms with E-state index in [-0.39, 0.29) is 11.5 Å². The number of carbonyl (C=O) groups excluding carboxylic acids is 1. The Hall–Kier alpha value is -3.07. The second kappa shape index (κ2) is 9.43. The molecule has 0 unspecified atom stereocenters. The smallest absolute Gasteiger partial charge is 0.275 e. The molecule has 0 N–H and O–H groups in total. The Morgan fingerprint density at radius 1 is 1.00 bits per heavy atom. The Morgan fingerprint density at radius 2 is 1.73 bits per heavy atom. The molecule has 4 aromatic rings. The first-order valence-electron chi connectivity index (χ1n) is 10.8. The van der Waals surface area contributed by atoms with Gasteiger partial charge < -0.3 is 4.90 Å². The van der Waals surface area contributed by atoms with Crippen LogP contribution in [-0.4, -0.2) is 56.5 Å². The number of benzene rings is 2. The molecule has 3 heterocycles. The summed E-state index contributed by atoms with van der Waals surface area (Å²) in [6.07, 6.45) is 0.426. The van der Waals surface area contributed by atoms with Crippen molar-refractivity contribution >= 4 is 33.8 Å². The lowest BCUT2D eigenvalue weighted by Crippen LogP contribution is -2.48. The Kier molecular flexibility index (Phi) is 6.22. The van der Waals surface area contributed by atoms with Crippen LogP contribution in [-0.2, 0) is 17.8 Å². The standard InChI is InChI=1S/C24H22ClN5O2S/c25-20-9-5-4-8-19(20)23-27-30-22(32)15-18(26-24(30)33-23)16-28-10-12-29(13-11-28)21(31)14-17-6-2-1-3-7-17/h1-9,15H,10-14,16H2. The third kappa shape index (κ3) is 4.83. The molecule has 1 amide bonds. The average Bonchev–Trinajstić information content (AvgIpc) is 3.25. The van der Waals surface area contributed by atoms with E-state index in [0.29, 0.717) is 46.7 Å². The van der Waals surface area contributed by atoms with Crippen molar-refractivity contribution in [3.8, 4) is 10.6 Å². The molecule has 1 aliphatic rings. The van der Waals surface area contributed by atoms with Gasteiger partial charge in [-0.2, -0.15) is 9.61 Å². The molecule has 7 nitrogen and oxygen atoms in total. The first-order valence-corrected chi connectivity index (χ1v) is 11.9. The quantitative estimate of drug-likeness (QED) is 0.439. The summed E-state index contributed by atoms with van der Waals surface area (Å²) < 4.78 is 1.33. The van der Waals surface area contributed by atoms with Crippen LogP contribution in [0.5, 0.6) is 0 Å². The number of fused-ring (bicyclic) bond motifs is 1. The summed E-state index contributed by atoms with van der Waals surface area (Å²) in [6, 6.07) is 18.8. The van der Waals surface area contributed by atoms with Crippen molar-refractivity contribution in [2.75, 3.05) is 26.2 Å². The van der Waals surface area contributed by atoms with Gasteiger partial charge in [0.05, 0.1) is 17.1 Å². The van der Waals surface area contributed by atoms with E-state index in [1.807, 2.05) is 53.4 Å². The highest BCUT2D eigenvalue weighted by Crippen LogP contribution is 2.30. The van der Waals surface area contributed by atoms with E-state index < -0.39 is 0 Å². The van der Waals surface area contributed by atoms with Crippen LogP contribution < -0.4 is 5.56 Å². The number of amides is 1. The first kappa shape index (κ1) is 21.8. The predicted octanol–water partition coefficient (Wildman–Crippen LogP) is 3.36. The summed E-state index contributed by atoms with van der Waals surface area (Å²) in [5.74, 6) is 0.149. The molecular weight excluding hydrogens is 458 g/mol. The summed E-state index contributed by atoms with van der Waals surface area (Å²) in [7, 11) is 0. The predicted molar refractivity (Wildman–Crippen MR) is 130 cm³/mol. The fourth-order valence-corrected chi connectivity index (χ4v) is 5.19. The van der Waals surface area contributed by atoms with Crippen molar-refractivity contribution in [1.29, 1.82) is 0 Å². The third-order valence-corrected chi connectivity index (χ3v) is 6.98. The maximum absolute atomic E-state index is 12.6. The summed E-state index contributed by atoms with van der Waals surface area (Å²) in [6.45, 7) is 3.39. The molecule has 9 heteroatoms. The molecule has 33 heavy (non-hydrogen) atoms. The lowest BCUT2D eigenvalue weighted by atomic mass is 10.1. The van der Waals surface area contributed by atoms with Crippen molar-refractivity contribution in [1.82, 2.24) is 24.4 Å². The number of halogens is 1. The molecule has 0 aliphatic carbocycles. The topological polar surface area (TPSA) is 70.8 Å². The van der Waals surface area contributed by atoms with E-state index in [1.165, 1.54) is 21.9 Å². The number of hydrogen-bond donors (Lipinski definition) is 0. The number of hydrogen-bond acceptors (Lipinski definition) is 6.